The van der Waals surface area contributed by atoms with Crippen LogP contribution in [0.15, 0.2) is 54.6 Å². The van der Waals surface area contributed by atoms with E-state index in [1.165, 1.54) is 43.5 Å². The summed E-state index contributed by atoms with van der Waals surface area (Å²) in [4.78, 5) is 4.95. The topological polar surface area (TPSA) is 35.9 Å². The van der Waals surface area contributed by atoms with Gasteiger partial charge in [-0.2, -0.15) is 0 Å². The molecule has 1 N–H and O–H groups in total. The highest BCUT2D eigenvalue weighted by molar-refractivity contribution is 5.29. The summed E-state index contributed by atoms with van der Waals surface area (Å²) in [5, 5.41) is 8.89. The summed E-state index contributed by atoms with van der Waals surface area (Å²) >= 11 is 0. The quantitative estimate of drug-likeness (QED) is 0.321. The lowest BCUT2D eigenvalue weighted by Gasteiger charge is -2.33. The molecule has 44 heavy (non-hydrogen) atoms. The van der Waals surface area contributed by atoms with E-state index in [0.717, 1.165) is 18.6 Å². The van der Waals surface area contributed by atoms with Gasteiger partial charge in [0.1, 0.15) is 5.75 Å². The van der Waals surface area contributed by atoms with Crippen LogP contribution in [-0.4, -0.2) is 55.3 Å². The van der Waals surface area contributed by atoms with Crippen LogP contribution in [0, 0.1) is 16.2 Å². The third-order valence-electron chi connectivity index (χ3n) is 7.41. The molecule has 1 aliphatic rings. The van der Waals surface area contributed by atoms with Crippen molar-refractivity contribution in [2.45, 2.75) is 134 Å². The second-order valence-corrected chi connectivity index (χ2v) is 16.1. The molecule has 0 radical (unpaired) electrons. The fourth-order valence-corrected chi connectivity index (χ4v) is 5.66. The Balaban J connectivity index is 0. The zero-order chi connectivity index (χ0) is 32.1. The lowest BCUT2D eigenvalue weighted by Crippen LogP contribution is -2.29. The van der Waals surface area contributed by atoms with Gasteiger partial charge in [-0.1, -0.05) is 120 Å². The second-order valence-electron chi connectivity index (χ2n) is 16.1. The van der Waals surface area contributed by atoms with Gasteiger partial charge in [0, 0.05) is 12.1 Å². The van der Waals surface area contributed by atoms with Crippen molar-refractivity contribution in [1.29, 1.82) is 0 Å². The summed E-state index contributed by atoms with van der Waals surface area (Å²) in [6, 6.07) is 20.5. The molecular weight excluding hydrogens is 540 g/mol. The van der Waals surface area contributed by atoms with Crippen molar-refractivity contribution < 1.29 is 9.84 Å². The molecular formula is C40H74N2O2. The van der Waals surface area contributed by atoms with Crippen LogP contribution >= 0.6 is 0 Å². The van der Waals surface area contributed by atoms with Gasteiger partial charge in [0.25, 0.3) is 0 Å². The Morgan fingerprint density at radius 3 is 1.50 bits per heavy atom. The zero-order valence-electron chi connectivity index (χ0n) is 29.6. The van der Waals surface area contributed by atoms with Crippen LogP contribution in [0.5, 0.6) is 5.75 Å². The Morgan fingerprint density at radius 1 is 0.705 bits per heavy atom. The molecule has 3 rings (SSSR count). The van der Waals surface area contributed by atoms with E-state index in [9.17, 15) is 0 Å². The van der Waals surface area contributed by atoms with Gasteiger partial charge in [0.2, 0.25) is 0 Å². The number of likely N-dealkylation sites (tertiary alicyclic amines) is 1. The Hall–Kier alpha value is -1.88. The van der Waals surface area contributed by atoms with Crippen molar-refractivity contribution in [2.75, 3.05) is 34.3 Å². The van der Waals surface area contributed by atoms with E-state index in [4.69, 9.17) is 9.84 Å². The van der Waals surface area contributed by atoms with E-state index < -0.39 is 0 Å². The normalized spacial score (nSPS) is 15.8. The van der Waals surface area contributed by atoms with Crippen molar-refractivity contribution in [3.63, 3.8) is 0 Å². The third-order valence-corrected chi connectivity index (χ3v) is 7.41. The molecule has 1 fully saturated rings. The molecule has 2 aromatic rings. The summed E-state index contributed by atoms with van der Waals surface area (Å²) in [6.45, 7) is 24.6. The number of ether oxygens (including phenoxy) is 1. The number of aliphatic hydroxyl groups is 1. The Labute approximate surface area is 275 Å². The lowest BCUT2D eigenvalue weighted by atomic mass is 9.85. The molecule has 0 amide bonds. The minimum absolute atomic E-state index is 0. The molecule has 4 heteroatoms. The first kappa shape index (κ1) is 44.2. The predicted molar refractivity (Wildman–Crippen MR) is 197 cm³/mol. The average Bonchev–Trinajstić information content (AvgIpc) is 3.39. The molecule has 0 spiro atoms. The monoisotopic (exact) mass is 615 g/mol. The molecule has 256 valence electrons. The first-order valence-corrected chi connectivity index (χ1v) is 16.1. The fraction of sp³-hybridized carbons (Fsp3) is 0.700. The largest absolute Gasteiger partial charge is 0.497 e. The SMILES string of the molecule is C.C.CC(C)(C)CC(c1ccccc1)N1CCCC1.CC(O)CC(C)(C)C.COc1ccc(C(CC(C)(C)C)N(C)C)cc1. The van der Waals surface area contributed by atoms with E-state index in [-0.39, 0.29) is 26.4 Å². The summed E-state index contributed by atoms with van der Waals surface area (Å²) < 4.78 is 5.20. The molecule has 4 nitrogen and oxygen atoms in total. The lowest BCUT2D eigenvalue weighted by molar-refractivity contribution is 0.138. The third kappa shape index (κ3) is 19.5. The first-order chi connectivity index (χ1) is 19.3. The first-order valence-electron chi connectivity index (χ1n) is 16.1. The predicted octanol–water partition coefficient (Wildman–Crippen LogP) is 11.1. The van der Waals surface area contributed by atoms with Gasteiger partial charge in [-0.15, -0.1) is 0 Å². The van der Waals surface area contributed by atoms with Crippen molar-refractivity contribution in [2.24, 2.45) is 16.2 Å². The minimum Gasteiger partial charge on any atom is -0.497 e. The number of hydrogen-bond donors (Lipinski definition) is 1. The Morgan fingerprint density at radius 2 is 1.16 bits per heavy atom. The highest BCUT2D eigenvalue weighted by atomic mass is 16.5. The van der Waals surface area contributed by atoms with Crippen LogP contribution in [-0.2, 0) is 0 Å². The van der Waals surface area contributed by atoms with Gasteiger partial charge < -0.3 is 14.7 Å². The molecule has 0 aromatic heterocycles. The van der Waals surface area contributed by atoms with Crippen LogP contribution in [0.1, 0.15) is 139 Å². The molecule has 0 aliphatic carbocycles. The summed E-state index contributed by atoms with van der Waals surface area (Å²) in [5.41, 5.74) is 3.83. The van der Waals surface area contributed by atoms with Gasteiger partial charge in [0.15, 0.2) is 0 Å². The van der Waals surface area contributed by atoms with E-state index in [1.807, 2.05) is 19.1 Å². The van der Waals surface area contributed by atoms with Crippen molar-refractivity contribution in [1.82, 2.24) is 9.80 Å². The van der Waals surface area contributed by atoms with Crippen LogP contribution in [0.25, 0.3) is 0 Å². The van der Waals surface area contributed by atoms with Gasteiger partial charge in [-0.3, -0.25) is 4.90 Å². The van der Waals surface area contributed by atoms with Gasteiger partial charge in [0.05, 0.1) is 13.2 Å². The number of benzene rings is 2. The van der Waals surface area contributed by atoms with E-state index in [1.54, 1.807) is 7.11 Å². The van der Waals surface area contributed by atoms with Crippen LogP contribution in [0.4, 0.5) is 0 Å². The smallest absolute Gasteiger partial charge is 0.118 e. The fourth-order valence-electron chi connectivity index (χ4n) is 5.66. The molecule has 1 aliphatic heterocycles. The minimum atomic E-state index is -0.157. The van der Waals surface area contributed by atoms with Crippen LogP contribution < -0.4 is 4.74 Å². The van der Waals surface area contributed by atoms with Crippen molar-refractivity contribution in [3.8, 4) is 5.75 Å². The maximum absolute atomic E-state index is 8.89. The van der Waals surface area contributed by atoms with Crippen LogP contribution in [0.3, 0.4) is 0 Å². The molecule has 3 unspecified atom stereocenters. The summed E-state index contributed by atoms with van der Waals surface area (Å²) in [7, 11) is 5.98. The Kier molecular flexibility index (Phi) is 20.4. The van der Waals surface area contributed by atoms with E-state index >= 15 is 0 Å². The Bertz CT molecular complexity index is 958. The van der Waals surface area contributed by atoms with E-state index in [0.29, 0.717) is 22.9 Å². The van der Waals surface area contributed by atoms with Gasteiger partial charge >= 0.3 is 0 Å². The number of nitrogens with zero attached hydrogens (tertiary/aromatic N) is 2. The molecule has 0 bridgehead atoms. The van der Waals surface area contributed by atoms with Gasteiger partial charge in [-0.25, -0.2) is 0 Å². The standard InChI is InChI=1S/C16H25N.C15H25NO.C7H16O.2CH4/c1-16(2,3)13-15(17-11-7-8-12-17)14-9-5-4-6-10-14;1-15(2,3)11-14(16(4)5)12-7-9-13(17-6)10-8-12;1-6(8)5-7(2,3)4;;/h4-6,9-10,15H,7-8,11-13H2,1-3H3;7-10,14H,11H2,1-6H3;6,8H,5H2,1-4H3;2*1H4. The number of methoxy groups -OCH3 is 1. The molecule has 1 heterocycles. The number of hydrogen-bond acceptors (Lipinski definition) is 4. The highest BCUT2D eigenvalue weighted by Crippen LogP contribution is 2.36. The maximum atomic E-state index is 8.89. The van der Waals surface area contributed by atoms with Crippen molar-refractivity contribution >= 4 is 0 Å². The maximum Gasteiger partial charge on any atom is 0.118 e. The molecule has 3 atom stereocenters. The van der Waals surface area contributed by atoms with Crippen LogP contribution in [0.2, 0.25) is 0 Å². The number of aliphatic hydroxyl groups excluding tert-OH is 1. The average molecular weight is 615 g/mol. The zero-order valence-corrected chi connectivity index (χ0v) is 29.6. The van der Waals surface area contributed by atoms with Crippen molar-refractivity contribution in [3.05, 3.63) is 65.7 Å². The number of rotatable bonds is 8. The molecule has 2 aromatic carbocycles. The summed E-state index contributed by atoms with van der Waals surface area (Å²) in [6.07, 6.45) is 5.85. The second kappa shape index (κ2) is 20.3. The molecule has 0 saturated carbocycles. The highest BCUT2D eigenvalue weighted by Gasteiger charge is 2.27. The molecule has 1 saturated heterocycles. The summed E-state index contributed by atoms with van der Waals surface area (Å²) in [5.74, 6) is 0.919. The van der Waals surface area contributed by atoms with E-state index in [2.05, 4.69) is 129 Å². The van der Waals surface area contributed by atoms with Gasteiger partial charge in [-0.05, 0) is 106 Å².